The third-order valence-corrected chi connectivity index (χ3v) is 5.03. The number of hydrogen-bond acceptors (Lipinski definition) is 6. The van der Waals surface area contributed by atoms with Gasteiger partial charge >= 0.3 is 6.55 Å². The van der Waals surface area contributed by atoms with Gasteiger partial charge in [-0.25, -0.2) is 14.0 Å². The normalized spacial score (nSPS) is 11.5. The van der Waals surface area contributed by atoms with E-state index in [9.17, 15) is 18.4 Å². The van der Waals surface area contributed by atoms with E-state index in [0.29, 0.717) is 21.8 Å². The second kappa shape index (κ2) is 10.00. The maximum absolute atomic E-state index is 13.3. The van der Waals surface area contributed by atoms with Gasteiger partial charge in [-0.3, -0.25) is 9.59 Å². The van der Waals surface area contributed by atoms with Crippen LogP contribution in [0.15, 0.2) is 88.7 Å². The molecule has 4 rings (SSSR count). The Morgan fingerprint density at radius 3 is 2.54 bits per heavy atom. The SMILES string of the molecule is COc1cc(-n2c(=O)ccn2C(F)F)ccc1-n1ccc(=O)c(/C(=C/C=N)Nc2ccccc2)n1. The Labute approximate surface area is 197 Å². The molecule has 178 valence electrons. The predicted octanol–water partition coefficient (Wildman–Crippen LogP) is 3.69. The first kappa shape index (κ1) is 23.4. The van der Waals surface area contributed by atoms with Crippen LogP contribution >= 0.6 is 0 Å². The molecule has 2 heterocycles. The number of rotatable bonds is 8. The Morgan fingerprint density at radius 1 is 1.09 bits per heavy atom. The van der Waals surface area contributed by atoms with E-state index in [0.717, 1.165) is 23.2 Å². The molecule has 0 fully saturated rings. The van der Waals surface area contributed by atoms with Gasteiger partial charge in [-0.05, 0) is 30.3 Å². The number of halogens is 2. The second-order valence-corrected chi connectivity index (χ2v) is 7.19. The summed E-state index contributed by atoms with van der Waals surface area (Å²) in [5.41, 5.74) is 0.613. The zero-order valence-electron chi connectivity index (χ0n) is 18.4. The van der Waals surface area contributed by atoms with Gasteiger partial charge in [0.1, 0.15) is 11.4 Å². The smallest absolute Gasteiger partial charge is 0.332 e. The Morgan fingerprint density at radius 2 is 1.86 bits per heavy atom. The molecule has 0 saturated heterocycles. The van der Waals surface area contributed by atoms with Crippen LogP contribution < -0.4 is 21.0 Å². The maximum Gasteiger partial charge on any atom is 0.332 e. The fourth-order valence-corrected chi connectivity index (χ4v) is 3.46. The van der Waals surface area contributed by atoms with Crippen molar-refractivity contribution in [1.82, 2.24) is 19.1 Å². The van der Waals surface area contributed by atoms with E-state index in [1.807, 2.05) is 18.2 Å². The minimum atomic E-state index is -2.91. The number of nitrogens with one attached hydrogen (secondary N) is 2. The van der Waals surface area contributed by atoms with Gasteiger partial charge in [-0.1, -0.05) is 18.2 Å². The summed E-state index contributed by atoms with van der Waals surface area (Å²) in [5.74, 6) is 0.229. The number of ether oxygens (including phenoxy) is 1. The largest absolute Gasteiger partial charge is 0.494 e. The van der Waals surface area contributed by atoms with Crippen LogP contribution in [0.4, 0.5) is 14.5 Å². The molecule has 0 unspecified atom stereocenters. The molecule has 4 aromatic rings. The molecular formula is C24H20F2N6O3. The fraction of sp³-hybridized carbons (Fsp3) is 0.0833. The molecule has 2 aromatic heterocycles. The van der Waals surface area contributed by atoms with Crippen molar-refractivity contribution in [2.24, 2.45) is 0 Å². The summed E-state index contributed by atoms with van der Waals surface area (Å²) in [6.45, 7) is -2.91. The number of nitrogens with zero attached hydrogens (tertiary/aromatic N) is 4. The van der Waals surface area contributed by atoms with Crippen molar-refractivity contribution in [3.05, 3.63) is 105 Å². The highest BCUT2D eigenvalue weighted by molar-refractivity contribution is 5.86. The Balaban J connectivity index is 1.78. The zero-order chi connectivity index (χ0) is 24.9. The minimum Gasteiger partial charge on any atom is -0.494 e. The van der Waals surface area contributed by atoms with Gasteiger partial charge in [-0.15, -0.1) is 0 Å². The molecular weight excluding hydrogens is 458 g/mol. The molecule has 2 aromatic carbocycles. The first-order valence-corrected chi connectivity index (χ1v) is 10.3. The Hall–Kier alpha value is -4.80. The molecule has 9 nitrogen and oxygen atoms in total. The van der Waals surface area contributed by atoms with Gasteiger partial charge in [0, 0.05) is 42.5 Å². The molecule has 0 aliphatic heterocycles. The van der Waals surface area contributed by atoms with Crippen LogP contribution in [-0.4, -0.2) is 32.5 Å². The summed E-state index contributed by atoms with van der Waals surface area (Å²) >= 11 is 0. The molecule has 35 heavy (non-hydrogen) atoms. The number of allylic oxidation sites excluding steroid dienone is 1. The van der Waals surface area contributed by atoms with Crippen LogP contribution in [0, 0.1) is 5.41 Å². The molecule has 0 saturated carbocycles. The number of aromatic nitrogens is 4. The van der Waals surface area contributed by atoms with Crippen LogP contribution in [0.25, 0.3) is 17.1 Å². The topological polar surface area (TPSA) is 107 Å². The lowest BCUT2D eigenvalue weighted by Crippen LogP contribution is -2.22. The number of para-hydroxylation sites is 1. The van der Waals surface area contributed by atoms with E-state index in [1.54, 1.807) is 12.1 Å². The first-order chi connectivity index (χ1) is 16.9. The number of hydrogen-bond donors (Lipinski definition) is 2. The van der Waals surface area contributed by atoms with Crippen LogP contribution in [0.5, 0.6) is 5.75 Å². The molecule has 0 bridgehead atoms. The average molecular weight is 478 g/mol. The molecule has 2 N–H and O–H groups in total. The van der Waals surface area contributed by atoms with Crippen molar-refractivity contribution in [2.75, 3.05) is 12.4 Å². The van der Waals surface area contributed by atoms with Crippen molar-refractivity contribution >= 4 is 17.6 Å². The third kappa shape index (κ3) is 4.78. The van der Waals surface area contributed by atoms with Gasteiger partial charge < -0.3 is 15.5 Å². The van der Waals surface area contributed by atoms with Crippen LogP contribution in [-0.2, 0) is 0 Å². The third-order valence-electron chi connectivity index (χ3n) is 5.03. The summed E-state index contributed by atoms with van der Waals surface area (Å²) in [5, 5.41) is 15.0. The fourth-order valence-electron chi connectivity index (χ4n) is 3.46. The zero-order valence-corrected chi connectivity index (χ0v) is 18.4. The van der Waals surface area contributed by atoms with Crippen molar-refractivity contribution in [3.63, 3.8) is 0 Å². The van der Waals surface area contributed by atoms with Crippen molar-refractivity contribution in [1.29, 1.82) is 5.41 Å². The molecule has 0 aliphatic rings. The molecule has 0 aliphatic carbocycles. The number of methoxy groups -OCH3 is 1. The standard InChI is InChI=1S/C24H20F2N6O3/c1-35-21-15-17(32-22(34)11-14-31(32)24(25)26)7-8-19(21)30-13-10-20(33)23(29-30)18(9-12-27)28-16-5-3-2-4-6-16/h2-15,24,27-28H,1H3/b18-9-,27-12?. The van der Waals surface area contributed by atoms with Crippen molar-refractivity contribution in [3.8, 4) is 17.1 Å². The Bertz CT molecular complexity index is 1510. The summed E-state index contributed by atoms with van der Waals surface area (Å²) in [6, 6.07) is 15.9. The molecule has 0 spiro atoms. The molecule has 0 atom stereocenters. The minimum absolute atomic E-state index is 0.0498. The summed E-state index contributed by atoms with van der Waals surface area (Å²) in [4.78, 5) is 24.8. The highest BCUT2D eigenvalue weighted by Gasteiger charge is 2.17. The summed E-state index contributed by atoms with van der Waals surface area (Å²) in [6.07, 6.45) is 4.88. The lowest BCUT2D eigenvalue weighted by atomic mass is 10.2. The average Bonchev–Trinajstić information content (AvgIpc) is 3.26. The van der Waals surface area contributed by atoms with E-state index < -0.39 is 12.1 Å². The number of anilines is 1. The molecule has 0 radical (unpaired) electrons. The van der Waals surface area contributed by atoms with Crippen LogP contribution in [0.3, 0.4) is 0 Å². The highest BCUT2D eigenvalue weighted by atomic mass is 19.3. The molecule has 0 amide bonds. The lowest BCUT2D eigenvalue weighted by molar-refractivity contribution is 0.0487. The molecule has 11 heteroatoms. The van der Waals surface area contributed by atoms with E-state index >= 15 is 0 Å². The quantitative estimate of drug-likeness (QED) is 0.376. The summed E-state index contributed by atoms with van der Waals surface area (Å²) in [7, 11) is 1.39. The lowest BCUT2D eigenvalue weighted by Gasteiger charge is -2.16. The van der Waals surface area contributed by atoms with Gasteiger partial charge in [0.2, 0.25) is 5.43 Å². The Kier molecular flexibility index (Phi) is 6.67. The van der Waals surface area contributed by atoms with Crippen LogP contribution in [0.1, 0.15) is 12.2 Å². The van der Waals surface area contributed by atoms with Crippen LogP contribution in [0.2, 0.25) is 0 Å². The van der Waals surface area contributed by atoms with E-state index in [1.165, 1.54) is 48.3 Å². The van der Waals surface area contributed by atoms with E-state index in [4.69, 9.17) is 10.1 Å². The van der Waals surface area contributed by atoms with Crippen molar-refractivity contribution in [2.45, 2.75) is 6.55 Å². The number of benzene rings is 2. The second-order valence-electron chi connectivity index (χ2n) is 7.19. The van der Waals surface area contributed by atoms with Gasteiger partial charge in [-0.2, -0.15) is 13.9 Å². The van der Waals surface area contributed by atoms with E-state index in [2.05, 4.69) is 10.4 Å². The summed E-state index contributed by atoms with van der Waals surface area (Å²) < 4.78 is 34.8. The first-order valence-electron chi connectivity index (χ1n) is 10.3. The van der Waals surface area contributed by atoms with Crippen molar-refractivity contribution < 1.29 is 13.5 Å². The monoisotopic (exact) mass is 478 g/mol. The van der Waals surface area contributed by atoms with E-state index in [-0.39, 0.29) is 22.6 Å². The van der Waals surface area contributed by atoms with Gasteiger partial charge in [0.25, 0.3) is 5.56 Å². The van der Waals surface area contributed by atoms with Gasteiger partial charge in [0.15, 0.2) is 5.69 Å². The maximum atomic E-state index is 13.3. The highest BCUT2D eigenvalue weighted by Crippen LogP contribution is 2.26. The predicted molar refractivity (Wildman–Crippen MR) is 128 cm³/mol. The number of alkyl halides is 2. The van der Waals surface area contributed by atoms with Gasteiger partial charge in [0.05, 0.1) is 18.5 Å².